The first-order valence-electron chi connectivity index (χ1n) is 8.64. The molecule has 9 heteroatoms. The molecule has 1 aliphatic heterocycles. The Balaban J connectivity index is 1.64. The van der Waals surface area contributed by atoms with Gasteiger partial charge < -0.3 is 24.3 Å². The molecule has 28 heavy (non-hydrogen) atoms. The van der Waals surface area contributed by atoms with Crippen molar-refractivity contribution >= 4 is 23.4 Å². The number of benzene rings is 1. The van der Waals surface area contributed by atoms with Crippen LogP contribution in [0.25, 0.3) is 0 Å². The molecule has 1 aliphatic rings. The number of rotatable bonds is 6. The van der Waals surface area contributed by atoms with Gasteiger partial charge in [-0.25, -0.2) is 0 Å². The Hall–Kier alpha value is -3.00. The molecule has 2 amide bonds. The molecule has 0 spiro atoms. The number of nitrogens with one attached hydrogen (secondary N) is 1. The van der Waals surface area contributed by atoms with E-state index in [0.29, 0.717) is 41.7 Å². The Bertz CT molecular complexity index is 973. The third-order valence-electron chi connectivity index (χ3n) is 4.50. The standard InChI is InChI=1S/C19H20ClN3O5/c1-27-16-4-3-12(20)9-13(16)18(25)21-5-6-22-7-8-23-11-17(28-2)15(24)10-14(23)19(22)26/h3-4,9-11H,5-8H2,1-2H3,(H,21,25). The van der Waals surface area contributed by atoms with Gasteiger partial charge in [-0.3, -0.25) is 14.4 Å². The fourth-order valence-electron chi connectivity index (χ4n) is 3.04. The van der Waals surface area contributed by atoms with E-state index in [1.54, 1.807) is 27.8 Å². The average Bonchev–Trinajstić information content (AvgIpc) is 2.69. The highest BCUT2D eigenvalue weighted by atomic mass is 35.5. The lowest BCUT2D eigenvalue weighted by molar-refractivity contribution is 0.0696. The van der Waals surface area contributed by atoms with Gasteiger partial charge >= 0.3 is 0 Å². The van der Waals surface area contributed by atoms with Crippen molar-refractivity contribution in [1.29, 1.82) is 0 Å². The van der Waals surface area contributed by atoms with Gasteiger partial charge in [-0.15, -0.1) is 0 Å². The van der Waals surface area contributed by atoms with Crippen molar-refractivity contribution in [3.8, 4) is 11.5 Å². The summed E-state index contributed by atoms with van der Waals surface area (Å²) in [6, 6.07) is 6.06. The van der Waals surface area contributed by atoms with E-state index >= 15 is 0 Å². The molecule has 0 bridgehead atoms. The molecule has 1 aromatic heterocycles. The molecule has 3 rings (SSSR count). The zero-order valence-corrected chi connectivity index (χ0v) is 16.3. The largest absolute Gasteiger partial charge is 0.496 e. The third-order valence-corrected chi connectivity index (χ3v) is 4.74. The van der Waals surface area contributed by atoms with Crippen LogP contribution in [0.3, 0.4) is 0 Å². The molecule has 0 saturated heterocycles. The Morgan fingerprint density at radius 3 is 2.61 bits per heavy atom. The van der Waals surface area contributed by atoms with Crippen LogP contribution < -0.4 is 20.2 Å². The number of ether oxygens (including phenoxy) is 2. The van der Waals surface area contributed by atoms with Crippen molar-refractivity contribution in [2.24, 2.45) is 0 Å². The number of amides is 2. The van der Waals surface area contributed by atoms with Gasteiger partial charge in [-0.1, -0.05) is 11.6 Å². The van der Waals surface area contributed by atoms with Crippen LogP contribution in [0.5, 0.6) is 11.5 Å². The molecule has 1 N–H and O–H groups in total. The SMILES string of the molecule is COc1ccc(Cl)cc1C(=O)NCCN1CCn2cc(OC)c(=O)cc2C1=O. The van der Waals surface area contributed by atoms with E-state index in [0.717, 1.165) is 0 Å². The number of aromatic nitrogens is 1. The molecule has 0 aliphatic carbocycles. The van der Waals surface area contributed by atoms with Crippen LogP contribution in [0, 0.1) is 0 Å². The summed E-state index contributed by atoms with van der Waals surface area (Å²) in [5.41, 5.74) is 0.286. The maximum absolute atomic E-state index is 12.6. The summed E-state index contributed by atoms with van der Waals surface area (Å²) in [4.78, 5) is 38.6. The van der Waals surface area contributed by atoms with Gasteiger partial charge in [0.15, 0.2) is 5.75 Å². The first-order valence-corrected chi connectivity index (χ1v) is 9.02. The lowest BCUT2D eigenvalue weighted by Crippen LogP contribution is -2.45. The molecule has 0 atom stereocenters. The number of fused-ring (bicyclic) bond motifs is 1. The van der Waals surface area contributed by atoms with E-state index in [9.17, 15) is 14.4 Å². The summed E-state index contributed by atoms with van der Waals surface area (Å²) in [6.45, 7) is 1.57. The number of halogens is 1. The molecular formula is C19H20ClN3O5. The average molecular weight is 406 g/mol. The number of hydrogen-bond donors (Lipinski definition) is 1. The minimum absolute atomic E-state index is 0.202. The van der Waals surface area contributed by atoms with Crippen molar-refractivity contribution in [1.82, 2.24) is 14.8 Å². The van der Waals surface area contributed by atoms with E-state index in [4.69, 9.17) is 21.1 Å². The van der Waals surface area contributed by atoms with E-state index < -0.39 is 0 Å². The van der Waals surface area contributed by atoms with Crippen molar-refractivity contribution < 1.29 is 19.1 Å². The predicted molar refractivity (Wildman–Crippen MR) is 103 cm³/mol. The number of carbonyl (C=O) groups excluding carboxylic acids is 2. The summed E-state index contributed by atoms with van der Waals surface area (Å²) in [5.74, 6) is 0.0108. The minimum Gasteiger partial charge on any atom is -0.496 e. The first-order chi connectivity index (χ1) is 13.4. The molecule has 8 nitrogen and oxygen atoms in total. The fourth-order valence-corrected chi connectivity index (χ4v) is 3.21. The zero-order valence-electron chi connectivity index (χ0n) is 15.5. The van der Waals surface area contributed by atoms with Crippen LogP contribution in [-0.4, -0.2) is 55.1 Å². The van der Waals surface area contributed by atoms with E-state index in [-0.39, 0.29) is 29.5 Å². The number of nitrogens with zero attached hydrogens (tertiary/aromatic N) is 2. The Kier molecular flexibility index (Phi) is 5.89. The second-order valence-corrected chi connectivity index (χ2v) is 6.61. The van der Waals surface area contributed by atoms with Crippen molar-refractivity contribution in [2.75, 3.05) is 33.9 Å². The van der Waals surface area contributed by atoms with Crippen LogP contribution in [0.15, 0.2) is 35.3 Å². The van der Waals surface area contributed by atoms with Crippen LogP contribution in [0.4, 0.5) is 0 Å². The second kappa shape index (κ2) is 8.35. The highest BCUT2D eigenvalue weighted by molar-refractivity contribution is 6.31. The molecular weight excluding hydrogens is 386 g/mol. The summed E-state index contributed by atoms with van der Waals surface area (Å²) in [6.07, 6.45) is 1.54. The number of methoxy groups -OCH3 is 2. The highest BCUT2D eigenvalue weighted by Gasteiger charge is 2.25. The van der Waals surface area contributed by atoms with Crippen molar-refractivity contribution in [2.45, 2.75) is 6.54 Å². The number of carbonyl (C=O) groups is 2. The van der Waals surface area contributed by atoms with Gasteiger partial charge in [-0.2, -0.15) is 0 Å². The summed E-state index contributed by atoms with van der Waals surface area (Å²) in [5, 5.41) is 3.19. The maximum Gasteiger partial charge on any atom is 0.270 e. The summed E-state index contributed by atoms with van der Waals surface area (Å²) in [7, 11) is 2.89. The maximum atomic E-state index is 12.6. The molecule has 0 fully saturated rings. The molecule has 2 heterocycles. The van der Waals surface area contributed by atoms with Gasteiger partial charge in [0.25, 0.3) is 11.8 Å². The van der Waals surface area contributed by atoms with Crippen molar-refractivity contribution in [3.05, 3.63) is 57.0 Å². The van der Waals surface area contributed by atoms with E-state index in [1.165, 1.54) is 26.4 Å². The minimum atomic E-state index is -0.342. The van der Waals surface area contributed by atoms with E-state index in [1.807, 2.05) is 0 Å². The van der Waals surface area contributed by atoms with Crippen LogP contribution in [0.2, 0.25) is 5.02 Å². The van der Waals surface area contributed by atoms with E-state index in [2.05, 4.69) is 5.32 Å². The fraction of sp³-hybridized carbons (Fsp3) is 0.316. The van der Waals surface area contributed by atoms with Gasteiger partial charge in [0.1, 0.15) is 11.4 Å². The van der Waals surface area contributed by atoms with Crippen LogP contribution in [0.1, 0.15) is 20.8 Å². The molecule has 0 radical (unpaired) electrons. The molecule has 0 unspecified atom stereocenters. The molecule has 148 valence electrons. The Morgan fingerprint density at radius 2 is 1.89 bits per heavy atom. The first kappa shape index (κ1) is 19.8. The van der Waals surface area contributed by atoms with Gasteiger partial charge in [0, 0.05) is 37.3 Å². The Morgan fingerprint density at radius 1 is 1.14 bits per heavy atom. The quantitative estimate of drug-likeness (QED) is 0.784. The third kappa shape index (κ3) is 3.96. The highest BCUT2D eigenvalue weighted by Crippen LogP contribution is 2.22. The summed E-state index contributed by atoms with van der Waals surface area (Å²) < 4.78 is 11.9. The predicted octanol–water partition coefficient (Wildman–Crippen LogP) is 1.40. The molecule has 2 aromatic rings. The van der Waals surface area contributed by atoms with Crippen LogP contribution >= 0.6 is 11.6 Å². The second-order valence-electron chi connectivity index (χ2n) is 6.18. The number of pyridine rings is 1. The van der Waals surface area contributed by atoms with Gasteiger partial charge in [0.2, 0.25) is 5.43 Å². The number of hydrogen-bond acceptors (Lipinski definition) is 5. The lowest BCUT2D eigenvalue weighted by atomic mass is 10.2. The normalized spacial score (nSPS) is 13.1. The van der Waals surface area contributed by atoms with Gasteiger partial charge in [0.05, 0.1) is 26.0 Å². The monoisotopic (exact) mass is 405 g/mol. The summed E-state index contributed by atoms with van der Waals surface area (Å²) >= 11 is 5.95. The lowest BCUT2D eigenvalue weighted by Gasteiger charge is -2.30. The van der Waals surface area contributed by atoms with Crippen LogP contribution in [-0.2, 0) is 6.54 Å². The smallest absolute Gasteiger partial charge is 0.270 e. The Labute approximate surface area is 166 Å². The van der Waals surface area contributed by atoms with Gasteiger partial charge in [-0.05, 0) is 18.2 Å². The topological polar surface area (TPSA) is 89.9 Å². The zero-order chi connectivity index (χ0) is 20.3. The van der Waals surface area contributed by atoms with Crippen molar-refractivity contribution in [3.63, 3.8) is 0 Å². The molecule has 0 saturated carbocycles. The molecule has 1 aromatic carbocycles.